The maximum Gasteiger partial charge on any atom is 0.373 e. The fourth-order valence-corrected chi connectivity index (χ4v) is 2.57. The average molecular weight is 768 g/mol. The molecule has 0 aliphatic rings. The maximum absolute atomic E-state index is 10.2. The highest BCUT2D eigenvalue weighted by atomic mass is 19.1. The molecule has 19 nitrogen and oxygen atoms in total. The zero-order chi connectivity index (χ0) is 41.2. The van der Waals surface area contributed by atoms with Crippen molar-refractivity contribution in [3.63, 3.8) is 0 Å². The van der Waals surface area contributed by atoms with E-state index in [4.69, 9.17) is 48.7 Å². The first-order valence-corrected chi connectivity index (χ1v) is 13.1. The van der Waals surface area contributed by atoms with E-state index in [1.165, 1.54) is 62.9 Å². The smallest absolute Gasteiger partial charge is 0.373 e. The monoisotopic (exact) mass is 767 g/mol. The highest BCUT2D eigenvalue weighted by Gasteiger charge is 2.08. The highest BCUT2D eigenvalue weighted by Crippen LogP contribution is 2.14. The molecule has 53 heavy (non-hydrogen) atoms. The molecule has 5 aromatic rings. The average Bonchev–Trinajstić information content (AvgIpc) is 4.04. The minimum absolute atomic E-state index is 0. The third-order valence-corrected chi connectivity index (χ3v) is 4.63. The van der Waals surface area contributed by atoms with E-state index < -0.39 is 17.9 Å². The summed E-state index contributed by atoms with van der Waals surface area (Å²) in [5.74, 6) is -1.76. The van der Waals surface area contributed by atoms with Gasteiger partial charge in [-0.15, -0.1) is 0 Å². The van der Waals surface area contributed by atoms with Crippen molar-refractivity contribution >= 4 is 36.6 Å². The number of carboxylic acid groups (broad SMARTS) is 3. The summed E-state index contributed by atoms with van der Waals surface area (Å²) in [6.45, 7) is -0.429. The van der Waals surface area contributed by atoms with Crippen LogP contribution in [0.3, 0.4) is 0 Å². The predicted octanol–water partition coefficient (Wildman–Crippen LogP) is 4.43. The molecule has 0 unspecified atom stereocenters. The second-order valence-corrected chi connectivity index (χ2v) is 7.78. The Morgan fingerprint density at radius 2 is 1.08 bits per heavy atom. The summed E-state index contributed by atoms with van der Waals surface area (Å²) in [6.07, 6.45) is 2.80. The number of furan rings is 5. The number of aromatic carboxylic acids is 3. The Hall–Kier alpha value is -7.16. The Labute approximate surface area is 296 Å². The van der Waals surface area contributed by atoms with E-state index in [1.54, 1.807) is 18.2 Å². The Bertz CT molecular complexity index is 1630. The van der Waals surface area contributed by atoms with Gasteiger partial charge in [0.2, 0.25) is 17.3 Å². The normalized spacial score (nSPS) is 8.47. The minimum atomic E-state index is -1.13. The molecule has 0 aliphatic heterocycles. The maximum atomic E-state index is 10.2. The van der Waals surface area contributed by atoms with E-state index >= 15 is 0 Å². The number of carbonyl (C=O) groups excluding carboxylic acids is 4. The van der Waals surface area contributed by atoms with Crippen molar-refractivity contribution in [3.8, 4) is 11.9 Å². The van der Waals surface area contributed by atoms with E-state index in [9.17, 15) is 28.4 Å². The summed E-state index contributed by atoms with van der Waals surface area (Å²) < 4.78 is 55.2. The van der Waals surface area contributed by atoms with Crippen LogP contribution >= 0.6 is 0 Å². The van der Waals surface area contributed by atoms with E-state index in [0.717, 1.165) is 0 Å². The van der Waals surface area contributed by atoms with Gasteiger partial charge in [0.05, 0.1) is 27.7 Å². The largest absolute Gasteiger partial charge is 0.475 e. The van der Waals surface area contributed by atoms with Crippen LogP contribution < -0.4 is 9.47 Å². The number of alkyl halides is 1. The number of aldehydes is 2. The molecule has 0 fully saturated rings. The predicted molar refractivity (Wildman–Crippen MR) is 167 cm³/mol. The van der Waals surface area contributed by atoms with Crippen LogP contribution in [0.1, 0.15) is 64.3 Å². The Balaban J connectivity index is -0.000000277. The molecule has 0 aromatic carbocycles. The third kappa shape index (κ3) is 23.0. The van der Waals surface area contributed by atoms with Crippen molar-refractivity contribution in [2.24, 2.45) is 0 Å². The molecular weight excluding hydrogens is 733 g/mol. The Morgan fingerprint density at radius 1 is 0.679 bits per heavy atom. The lowest BCUT2D eigenvalue weighted by Crippen LogP contribution is -1.91. The third-order valence-electron chi connectivity index (χ3n) is 4.63. The Morgan fingerprint density at radius 3 is 1.34 bits per heavy atom. The fraction of sp³-hybridized carbons (Fsp3) is 0.161. The lowest BCUT2D eigenvalue weighted by Gasteiger charge is -1.88. The first-order valence-electron chi connectivity index (χ1n) is 13.5. The molecular formula is C31H33F3O19. The van der Waals surface area contributed by atoms with Gasteiger partial charge in [0.1, 0.15) is 24.7 Å². The van der Waals surface area contributed by atoms with Gasteiger partial charge >= 0.3 is 24.1 Å². The van der Waals surface area contributed by atoms with Crippen LogP contribution in [0.5, 0.6) is 11.9 Å². The van der Waals surface area contributed by atoms with Gasteiger partial charge in [0, 0.05) is 12.1 Å². The van der Waals surface area contributed by atoms with Gasteiger partial charge < -0.3 is 57.1 Å². The Kier molecular flexibility index (Phi) is 30.4. The molecule has 0 saturated carbocycles. The number of halogens is 3. The second-order valence-electron chi connectivity index (χ2n) is 7.78. The van der Waals surface area contributed by atoms with Gasteiger partial charge in [0.15, 0.2) is 24.1 Å². The van der Waals surface area contributed by atoms with Crippen molar-refractivity contribution in [1.82, 2.24) is 0 Å². The van der Waals surface area contributed by atoms with Crippen molar-refractivity contribution in [1.29, 1.82) is 1.45 Å². The SMILES string of the molecule is CF.COc1ccc(C(=O)O)o1.COc1ccc(C=O)o1.F.O=C(O)c1ccc(CO)o1.O=C(O)c1ccco1.O=C=O.O=Cc1ccc(CO)o1.[2H]F. The molecule has 5 aromatic heterocycles. The molecule has 0 radical (unpaired) electrons. The van der Waals surface area contributed by atoms with E-state index in [-0.39, 0.29) is 64.6 Å². The standard InChI is InChI=1S/2C6H6O4.2C6H6O3.C5H4O3.CH3F.CO2.2FH/c1-9-5-3-2-4(10-5)6(7)8;7-3-4-1-2-5(10-4)6(8)9;1-8-6-3-2-5(4-7)9-6;7-3-5-1-2-6(4-8)9-5;6-5(7)4-2-1-3-8-4;1-2;2-1-3;;/h2-3H,1H3,(H,7,8);1-2,7H,3H2,(H,8,9);2-4H,1H3;1-3,8H,4H2;1-3H,(H,6,7);1H3;;2*1H/i/hD. The molecule has 5 N–H and O–H groups in total. The van der Waals surface area contributed by atoms with Crippen LogP contribution in [0.4, 0.5) is 13.8 Å². The molecule has 22 heteroatoms. The van der Waals surface area contributed by atoms with E-state index in [1.807, 2.05) is 0 Å². The number of ether oxygens (including phenoxy) is 2. The molecule has 0 bridgehead atoms. The number of hydrogen-bond donors (Lipinski definition) is 5. The molecule has 0 atom stereocenters. The molecule has 0 aliphatic carbocycles. The summed E-state index contributed by atoms with van der Waals surface area (Å²) in [4.78, 5) is 66.5. The summed E-state index contributed by atoms with van der Waals surface area (Å²) in [5.41, 5.74) is 0. The first-order chi connectivity index (χ1) is 25.4. The zero-order valence-electron chi connectivity index (χ0n) is 28.5. The summed E-state index contributed by atoms with van der Waals surface area (Å²) in [7, 11) is 3.39. The number of carbonyl (C=O) groups is 5. The van der Waals surface area contributed by atoms with Crippen molar-refractivity contribution in [2.75, 3.05) is 21.4 Å². The van der Waals surface area contributed by atoms with Gasteiger partial charge in [-0.25, -0.2) is 14.4 Å². The van der Waals surface area contributed by atoms with Gasteiger partial charge in [-0.2, -0.15) is 9.59 Å². The number of aliphatic hydroxyl groups is 2. The molecule has 0 saturated heterocycles. The van der Waals surface area contributed by atoms with Gasteiger partial charge in [-0.3, -0.25) is 23.4 Å². The molecule has 5 rings (SSSR count). The van der Waals surface area contributed by atoms with Crippen LogP contribution in [0.2, 0.25) is 0 Å². The van der Waals surface area contributed by atoms with Crippen molar-refractivity contribution in [3.05, 3.63) is 107 Å². The summed E-state index contributed by atoms with van der Waals surface area (Å²) in [5, 5.41) is 41.7. The van der Waals surface area contributed by atoms with Gasteiger partial charge in [-0.1, -0.05) is 0 Å². The highest BCUT2D eigenvalue weighted by molar-refractivity contribution is 5.85. The number of aliphatic hydroxyl groups excluding tert-OH is 2. The minimum Gasteiger partial charge on any atom is -0.475 e. The van der Waals surface area contributed by atoms with Gasteiger partial charge in [-0.05, 0) is 48.5 Å². The molecule has 0 amide bonds. The molecule has 292 valence electrons. The van der Waals surface area contributed by atoms with Crippen LogP contribution in [0.15, 0.2) is 89.0 Å². The number of carboxylic acids is 3. The fourth-order valence-electron chi connectivity index (χ4n) is 2.57. The molecule has 5 heterocycles. The quantitative estimate of drug-likeness (QED) is 0.130. The lowest BCUT2D eigenvalue weighted by atomic mass is 10.4. The van der Waals surface area contributed by atoms with Crippen LogP contribution in [0, 0.1) is 0 Å². The van der Waals surface area contributed by atoms with Crippen LogP contribution in [-0.2, 0) is 22.8 Å². The first kappa shape index (κ1) is 50.2. The van der Waals surface area contributed by atoms with Crippen molar-refractivity contribution < 1.29 is 104 Å². The number of hydrogen-bond acceptors (Lipinski definition) is 16. The van der Waals surface area contributed by atoms with E-state index in [2.05, 4.69) is 24.2 Å². The van der Waals surface area contributed by atoms with Crippen LogP contribution in [-0.4, -0.2) is 85.0 Å². The number of rotatable bonds is 9. The van der Waals surface area contributed by atoms with Crippen molar-refractivity contribution in [2.45, 2.75) is 13.2 Å². The second kappa shape index (κ2) is 32.1. The summed E-state index contributed by atoms with van der Waals surface area (Å²) >= 11 is 0. The van der Waals surface area contributed by atoms with E-state index in [0.29, 0.717) is 31.5 Å². The zero-order valence-corrected chi connectivity index (χ0v) is 27.5. The van der Waals surface area contributed by atoms with Crippen LogP contribution in [0.25, 0.3) is 0 Å². The number of methoxy groups -OCH3 is 2. The lowest BCUT2D eigenvalue weighted by molar-refractivity contribution is -0.191. The van der Waals surface area contributed by atoms with Gasteiger partial charge in [0.25, 0.3) is 13.3 Å². The summed E-state index contributed by atoms with van der Waals surface area (Å²) in [6, 6.07) is 14.6. The molecule has 0 spiro atoms. The topological polar surface area (TPSA) is 305 Å².